The molecular formula is C8H14Cl2. The van der Waals surface area contributed by atoms with E-state index in [1.807, 2.05) is 12.2 Å². The summed E-state index contributed by atoms with van der Waals surface area (Å²) in [6.07, 6.45) is 5.85. The van der Waals surface area contributed by atoms with Gasteiger partial charge in [-0.15, -0.1) is 23.2 Å². The van der Waals surface area contributed by atoms with Crippen LogP contribution in [0.3, 0.4) is 0 Å². The van der Waals surface area contributed by atoms with E-state index in [-0.39, 0.29) is 10.8 Å². The van der Waals surface area contributed by atoms with E-state index in [0.717, 1.165) is 12.8 Å². The Bertz CT molecular complexity index is 87.4. The van der Waals surface area contributed by atoms with Crippen molar-refractivity contribution in [3.05, 3.63) is 12.2 Å². The summed E-state index contributed by atoms with van der Waals surface area (Å²) in [5.74, 6) is 0. The van der Waals surface area contributed by atoms with Gasteiger partial charge in [0.05, 0.1) is 10.8 Å². The van der Waals surface area contributed by atoms with Crippen LogP contribution in [0.1, 0.15) is 26.7 Å². The average Bonchev–Trinajstić information content (AvgIpc) is 1.99. The van der Waals surface area contributed by atoms with Gasteiger partial charge in [0.15, 0.2) is 0 Å². The van der Waals surface area contributed by atoms with Crippen LogP contribution < -0.4 is 0 Å². The standard InChI is InChI=1S/C8H14Cl2/c1-3-7(9)5-6-8(10)4-2/h5-8H,3-4H2,1-2H3/b6-5+. The molecule has 0 rings (SSSR count). The second-order valence-electron chi connectivity index (χ2n) is 2.23. The third-order valence-corrected chi connectivity index (χ3v) is 2.22. The fourth-order valence-corrected chi connectivity index (χ4v) is 0.681. The van der Waals surface area contributed by atoms with E-state index in [1.165, 1.54) is 0 Å². The number of hydrogen-bond acceptors (Lipinski definition) is 0. The minimum Gasteiger partial charge on any atom is -0.118 e. The van der Waals surface area contributed by atoms with Gasteiger partial charge in [0.2, 0.25) is 0 Å². The summed E-state index contributed by atoms with van der Waals surface area (Å²) in [5, 5.41) is 0.292. The Labute approximate surface area is 73.2 Å². The summed E-state index contributed by atoms with van der Waals surface area (Å²) in [4.78, 5) is 0. The molecule has 2 heteroatoms. The second kappa shape index (κ2) is 6.06. The van der Waals surface area contributed by atoms with Gasteiger partial charge in [0, 0.05) is 0 Å². The van der Waals surface area contributed by atoms with Crippen LogP contribution in [0.2, 0.25) is 0 Å². The van der Waals surface area contributed by atoms with Crippen molar-refractivity contribution in [2.45, 2.75) is 37.4 Å². The monoisotopic (exact) mass is 180 g/mol. The Kier molecular flexibility index (Phi) is 6.25. The van der Waals surface area contributed by atoms with Crippen LogP contribution in [0.25, 0.3) is 0 Å². The Balaban J connectivity index is 3.52. The molecule has 0 N–H and O–H groups in total. The molecule has 0 aliphatic heterocycles. The molecule has 0 heterocycles. The molecule has 10 heavy (non-hydrogen) atoms. The van der Waals surface area contributed by atoms with Gasteiger partial charge in [-0.3, -0.25) is 0 Å². The molecule has 0 aromatic heterocycles. The van der Waals surface area contributed by atoms with Crippen molar-refractivity contribution >= 4 is 23.2 Å². The van der Waals surface area contributed by atoms with E-state index < -0.39 is 0 Å². The van der Waals surface area contributed by atoms with Crippen molar-refractivity contribution in [2.24, 2.45) is 0 Å². The van der Waals surface area contributed by atoms with Crippen LogP contribution in [0.5, 0.6) is 0 Å². The van der Waals surface area contributed by atoms with Crippen LogP contribution in [-0.4, -0.2) is 10.8 Å². The average molecular weight is 181 g/mol. The van der Waals surface area contributed by atoms with Gasteiger partial charge >= 0.3 is 0 Å². The Morgan fingerprint density at radius 1 is 1.00 bits per heavy atom. The lowest BCUT2D eigenvalue weighted by atomic mass is 10.2. The van der Waals surface area contributed by atoms with Gasteiger partial charge in [-0.2, -0.15) is 0 Å². The zero-order valence-corrected chi connectivity index (χ0v) is 7.99. The number of allylic oxidation sites excluding steroid dienone is 2. The van der Waals surface area contributed by atoms with Gasteiger partial charge in [0.1, 0.15) is 0 Å². The molecule has 60 valence electrons. The highest BCUT2D eigenvalue weighted by Crippen LogP contribution is 2.07. The van der Waals surface area contributed by atoms with Gasteiger partial charge in [-0.25, -0.2) is 0 Å². The van der Waals surface area contributed by atoms with Crippen molar-refractivity contribution < 1.29 is 0 Å². The maximum absolute atomic E-state index is 5.82. The minimum atomic E-state index is 0.146. The predicted molar refractivity (Wildman–Crippen MR) is 49.0 cm³/mol. The number of halogens is 2. The predicted octanol–water partition coefficient (Wildman–Crippen LogP) is 3.58. The maximum Gasteiger partial charge on any atom is 0.0513 e. The maximum atomic E-state index is 5.82. The molecule has 0 saturated heterocycles. The number of rotatable bonds is 4. The first-order valence-corrected chi connectivity index (χ1v) is 4.54. The lowest BCUT2D eigenvalue weighted by Crippen LogP contribution is -1.93. The van der Waals surface area contributed by atoms with Gasteiger partial charge < -0.3 is 0 Å². The molecule has 0 nitrogen and oxygen atoms in total. The summed E-state index contributed by atoms with van der Waals surface area (Å²) >= 11 is 11.6. The van der Waals surface area contributed by atoms with E-state index in [1.54, 1.807) is 0 Å². The van der Waals surface area contributed by atoms with Crippen LogP contribution in [0.4, 0.5) is 0 Å². The fourth-order valence-electron chi connectivity index (χ4n) is 0.513. The smallest absolute Gasteiger partial charge is 0.0513 e. The van der Waals surface area contributed by atoms with E-state index in [2.05, 4.69) is 13.8 Å². The van der Waals surface area contributed by atoms with Crippen molar-refractivity contribution in [1.82, 2.24) is 0 Å². The first-order valence-electron chi connectivity index (χ1n) is 3.67. The molecule has 0 saturated carbocycles. The van der Waals surface area contributed by atoms with E-state index in [4.69, 9.17) is 23.2 Å². The molecule has 0 aliphatic carbocycles. The molecule has 2 atom stereocenters. The quantitative estimate of drug-likeness (QED) is 0.459. The fraction of sp³-hybridized carbons (Fsp3) is 0.750. The third-order valence-electron chi connectivity index (χ3n) is 1.31. The van der Waals surface area contributed by atoms with E-state index in [9.17, 15) is 0 Å². The van der Waals surface area contributed by atoms with Crippen molar-refractivity contribution in [1.29, 1.82) is 0 Å². The molecule has 0 aromatic rings. The molecule has 0 aliphatic rings. The molecule has 0 radical (unpaired) electrons. The summed E-state index contributed by atoms with van der Waals surface area (Å²) in [7, 11) is 0. The minimum absolute atomic E-state index is 0.146. The number of alkyl halides is 2. The number of hydrogen-bond donors (Lipinski definition) is 0. The van der Waals surface area contributed by atoms with Crippen LogP contribution in [0.15, 0.2) is 12.2 Å². The van der Waals surface area contributed by atoms with Crippen LogP contribution in [0, 0.1) is 0 Å². The zero-order valence-electron chi connectivity index (χ0n) is 6.48. The largest absolute Gasteiger partial charge is 0.118 e. The SMILES string of the molecule is CCC(Cl)/C=C/C(Cl)CC. The van der Waals surface area contributed by atoms with E-state index in [0.29, 0.717) is 0 Å². The molecule has 0 aromatic carbocycles. The van der Waals surface area contributed by atoms with Crippen molar-refractivity contribution in [3.8, 4) is 0 Å². The van der Waals surface area contributed by atoms with Gasteiger partial charge in [0.25, 0.3) is 0 Å². The van der Waals surface area contributed by atoms with Crippen molar-refractivity contribution in [2.75, 3.05) is 0 Å². The van der Waals surface area contributed by atoms with Crippen molar-refractivity contribution in [3.63, 3.8) is 0 Å². The molecule has 0 amide bonds. The zero-order chi connectivity index (χ0) is 7.98. The molecule has 0 bridgehead atoms. The summed E-state index contributed by atoms with van der Waals surface area (Å²) in [6, 6.07) is 0. The van der Waals surface area contributed by atoms with Crippen LogP contribution >= 0.6 is 23.2 Å². The Morgan fingerprint density at radius 2 is 1.30 bits per heavy atom. The topological polar surface area (TPSA) is 0 Å². The van der Waals surface area contributed by atoms with E-state index >= 15 is 0 Å². The normalized spacial score (nSPS) is 17.6. The molecule has 2 unspecified atom stereocenters. The Morgan fingerprint density at radius 3 is 1.50 bits per heavy atom. The lowest BCUT2D eigenvalue weighted by molar-refractivity contribution is 0.930. The highest BCUT2D eigenvalue weighted by atomic mass is 35.5. The summed E-state index contributed by atoms with van der Waals surface area (Å²) < 4.78 is 0. The third kappa shape index (κ3) is 5.13. The molecular weight excluding hydrogens is 167 g/mol. The highest BCUT2D eigenvalue weighted by Gasteiger charge is 1.96. The van der Waals surface area contributed by atoms with Crippen LogP contribution in [-0.2, 0) is 0 Å². The molecule has 0 spiro atoms. The van der Waals surface area contributed by atoms with Gasteiger partial charge in [-0.1, -0.05) is 26.0 Å². The lowest BCUT2D eigenvalue weighted by Gasteiger charge is -1.99. The second-order valence-corrected chi connectivity index (χ2v) is 3.35. The first-order chi connectivity index (χ1) is 4.70. The summed E-state index contributed by atoms with van der Waals surface area (Å²) in [5.41, 5.74) is 0. The summed E-state index contributed by atoms with van der Waals surface area (Å²) in [6.45, 7) is 4.11. The highest BCUT2D eigenvalue weighted by molar-refractivity contribution is 6.23. The first kappa shape index (κ1) is 10.3. The Hall–Kier alpha value is 0.320. The molecule has 0 fully saturated rings. The van der Waals surface area contributed by atoms with Gasteiger partial charge in [-0.05, 0) is 12.8 Å².